The number of rotatable bonds is 3. The van der Waals surface area contributed by atoms with Gasteiger partial charge < -0.3 is 9.30 Å². The Bertz CT molecular complexity index is 753. The average Bonchev–Trinajstić information content (AvgIpc) is 3.00. The Morgan fingerprint density at radius 3 is 2.90 bits per heavy atom. The SMILES string of the molecule is CCOC(=O)c1nnc2ccccc2c1-n1ccnc1. The fourth-order valence-corrected chi connectivity index (χ4v) is 2.03. The molecule has 3 aromatic rings. The Hall–Kier alpha value is -2.76. The number of carbonyl (C=O) groups excluding carboxylic acids is 1. The maximum atomic E-state index is 12.0. The van der Waals surface area contributed by atoms with Crippen LogP contribution in [0.15, 0.2) is 43.0 Å². The van der Waals surface area contributed by atoms with Gasteiger partial charge in [0.05, 0.1) is 24.1 Å². The molecule has 0 aliphatic carbocycles. The van der Waals surface area contributed by atoms with E-state index in [1.807, 2.05) is 24.3 Å². The van der Waals surface area contributed by atoms with Crippen molar-refractivity contribution in [3.05, 3.63) is 48.7 Å². The molecule has 6 heteroatoms. The lowest BCUT2D eigenvalue weighted by Crippen LogP contribution is -2.13. The van der Waals surface area contributed by atoms with Gasteiger partial charge in [-0.2, -0.15) is 0 Å². The number of ether oxygens (including phenoxy) is 1. The summed E-state index contributed by atoms with van der Waals surface area (Å²) in [5.74, 6) is -0.491. The van der Waals surface area contributed by atoms with Gasteiger partial charge in [0, 0.05) is 17.8 Å². The van der Waals surface area contributed by atoms with Crippen molar-refractivity contribution in [2.24, 2.45) is 0 Å². The Labute approximate surface area is 115 Å². The van der Waals surface area contributed by atoms with E-state index in [0.717, 1.165) is 5.39 Å². The van der Waals surface area contributed by atoms with E-state index < -0.39 is 5.97 Å². The molecule has 0 N–H and O–H groups in total. The summed E-state index contributed by atoms with van der Waals surface area (Å²) in [6.45, 7) is 2.04. The molecular formula is C14H12N4O2. The van der Waals surface area contributed by atoms with Crippen LogP contribution in [0.25, 0.3) is 16.6 Å². The Morgan fingerprint density at radius 1 is 1.30 bits per heavy atom. The van der Waals surface area contributed by atoms with Crippen molar-refractivity contribution in [2.45, 2.75) is 6.92 Å². The Balaban J connectivity index is 2.30. The molecule has 1 aromatic carbocycles. The molecule has 3 rings (SSSR count). The average molecular weight is 268 g/mol. The van der Waals surface area contributed by atoms with Crippen LogP contribution in [0.3, 0.4) is 0 Å². The first-order chi connectivity index (χ1) is 9.81. The van der Waals surface area contributed by atoms with Gasteiger partial charge in [-0.1, -0.05) is 18.2 Å². The molecule has 100 valence electrons. The predicted molar refractivity (Wildman–Crippen MR) is 72.6 cm³/mol. The molecule has 6 nitrogen and oxygen atoms in total. The molecule has 0 saturated heterocycles. The van der Waals surface area contributed by atoms with E-state index in [1.54, 1.807) is 30.2 Å². The second-order valence-electron chi connectivity index (χ2n) is 4.10. The normalized spacial score (nSPS) is 10.7. The largest absolute Gasteiger partial charge is 0.461 e. The topological polar surface area (TPSA) is 69.9 Å². The highest BCUT2D eigenvalue weighted by Gasteiger charge is 2.19. The summed E-state index contributed by atoms with van der Waals surface area (Å²) >= 11 is 0. The number of hydrogen-bond acceptors (Lipinski definition) is 5. The van der Waals surface area contributed by atoms with Crippen LogP contribution in [-0.2, 0) is 4.74 Å². The van der Waals surface area contributed by atoms with Crippen LogP contribution in [0.2, 0.25) is 0 Å². The minimum Gasteiger partial charge on any atom is -0.461 e. The highest BCUT2D eigenvalue weighted by atomic mass is 16.5. The van der Waals surface area contributed by atoms with Crippen LogP contribution in [0.5, 0.6) is 0 Å². The lowest BCUT2D eigenvalue weighted by Gasteiger charge is -2.10. The number of esters is 1. The van der Waals surface area contributed by atoms with Crippen LogP contribution in [0.1, 0.15) is 17.4 Å². The maximum absolute atomic E-state index is 12.0. The summed E-state index contributed by atoms with van der Waals surface area (Å²) in [6, 6.07) is 7.50. The third-order valence-corrected chi connectivity index (χ3v) is 2.87. The molecule has 0 bridgehead atoms. The van der Waals surface area contributed by atoms with Crippen molar-refractivity contribution in [3.8, 4) is 5.69 Å². The van der Waals surface area contributed by atoms with Gasteiger partial charge in [-0.3, -0.25) is 0 Å². The summed E-state index contributed by atoms with van der Waals surface area (Å²) in [4.78, 5) is 16.1. The molecule has 0 saturated carbocycles. The second kappa shape index (κ2) is 5.08. The zero-order valence-corrected chi connectivity index (χ0v) is 10.9. The Kier molecular flexibility index (Phi) is 3.12. The van der Waals surface area contributed by atoms with E-state index in [0.29, 0.717) is 11.2 Å². The predicted octanol–water partition coefficient (Wildman–Crippen LogP) is 1.99. The molecule has 2 aromatic heterocycles. The van der Waals surface area contributed by atoms with Crippen molar-refractivity contribution >= 4 is 16.9 Å². The van der Waals surface area contributed by atoms with Crippen LogP contribution in [-0.4, -0.2) is 32.3 Å². The zero-order valence-electron chi connectivity index (χ0n) is 10.9. The van der Waals surface area contributed by atoms with Crippen LogP contribution in [0.4, 0.5) is 0 Å². The fourth-order valence-electron chi connectivity index (χ4n) is 2.03. The van der Waals surface area contributed by atoms with Gasteiger partial charge in [0.15, 0.2) is 5.69 Å². The zero-order chi connectivity index (χ0) is 13.9. The van der Waals surface area contributed by atoms with E-state index in [-0.39, 0.29) is 12.3 Å². The van der Waals surface area contributed by atoms with Crippen LogP contribution >= 0.6 is 0 Å². The summed E-state index contributed by atoms with van der Waals surface area (Å²) in [7, 11) is 0. The van der Waals surface area contributed by atoms with Gasteiger partial charge in [0.25, 0.3) is 0 Å². The lowest BCUT2D eigenvalue weighted by atomic mass is 10.1. The van der Waals surface area contributed by atoms with Crippen molar-refractivity contribution in [2.75, 3.05) is 6.61 Å². The highest BCUT2D eigenvalue weighted by Crippen LogP contribution is 2.23. The van der Waals surface area contributed by atoms with Gasteiger partial charge in [-0.25, -0.2) is 9.78 Å². The first-order valence-corrected chi connectivity index (χ1v) is 6.22. The molecule has 2 heterocycles. The van der Waals surface area contributed by atoms with Gasteiger partial charge in [-0.15, -0.1) is 10.2 Å². The smallest absolute Gasteiger partial charge is 0.361 e. The second-order valence-corrected chi connectivity index (χ2v) is 4.10. The van der Waals surface area contributed by atoms with Crippen LogP contribution < -0.4 is 0 Å². The minimum absolute atomic E-state index is 0.184. The molecule has 0 fully saturated rings. The van der Waals surface area contributed by atoms with E-state index in [1.165, 1.54) is 0 Å². The number of nitrogens with zero attached hydrogens (tertiary/aromatic N) is 4. The molecule has 0 spiro atoms. The van der Waals surface area contributed by atoms with Gasteiger partial charge in [0.1, 0.15) is 0 Å². The molecule has 0 amide bonds. The monoisotopic (exact) mass is 268 g/mol. The van der Waals surface area contributed by atoms with Crippen LogP contribution in [0, 0.1) is 0 Å². The number of carbonyl (C=O) groups is 1. The molecule has 20 heavy (non-hydrogen) atoms. The lowest BCUT2D eigenvalue weighted by molar-refractivity contribution is 0.0518. The summed E-state index contributed by atoms with van der Waals surface area (Å²) in [6.07, 6.45) is 5.02. The van der Waals surface area contributed by atoms with E-state index >= 15 is 0 Å². The number of imidazole rings is 1. The van der Waals surface area contributed by atoms with Gasteiger partial charge in [0.2, 0.25) is 0 Å². The third-order valence-electron chi connectivity index (χ3n) is 2.87. The summed E-state index contributed by atoms with van der Waals surface area (Å²) in [5, 5.41) is 8.90. The fraction of sp³-hybridized carbons (Fsp3) is 0.143. The number of hydrogen-bond donors (Lipinski definition) is 0. The maximum Gasteiger partial charge on any atom is 0.361 e. The van der Waals surface area contributed by atoms with E-state index in [9.17, 15) is 4.79 Å². The van der Waals surface area contributed by atoms with Crippen molar-refractivity contribution in [3.63, 3.8) is 0 Å². The molecular weight excluding hydrogens is 256 g/mol. The van der Waals surface area contributed by atoms with Crippen molar-refractivity contribution < 1.29 is 9.53 Å². The summed E-state index contributed by atoms with van der Waals surface area (Å²) < 4.78 is 6.78. The molecule has 0 unspecified atom stereocenters. The van der Waals surface area contributed by atoms with E-state index in [2.05, 4.69) is 15.2 Å². The molecule has 0 atom stereocenters. The molecule has 0 radical (unpaired) electrons. The van der Waals surface area contributed by atoms with Crippen molar-refractivity contribution in [1.82, 2.24) is 19.7 Å². The Morgan fingerprint density at radius 2 is 2.15 bits per heavy atom. The number of aromatic nitrogens is 4. The standard InChI is InChI=1S/C14H12N4O2/c1-2-20-14(19)12-13(18-8-7-15-9-18)10-5-3-4-6-11(10)16-17-12/h3-9H,2H2,1H3. The quantitative estimate of drug-likeness (QED) is 0.679. The summed E-state index contributed by atoms with van der Waals surface area (Å²) in [5.41, 5.74) is 1.53. The van der Waals surface area contributed by atoms with Gasteiger partial charge >= 0.3 is 5.97 Å². The third kappa shape index (κ3) is 2.01. The van der Waals surface area contributed by atoms with Gasteiger partial charge in [-0.05, 0) is 13.0 Å². The number of fused-ring (bicyclic) bond motifs is 1. The molecule has 0 aliphatic rings. The molecule has 0 aliphatic heterocycles. The first kappa shape index (κ1) is 12.3. The van der Waals surface area contributed by atoms with Crippen molar-refractivity contribution in [1.29, 1.82) is 0 Å². The highest BCUT2D eigenvalue weighted by molar-refractivity contribution is 5.99. The van der Waals surface area contributed by atoms with E-state index in [4.69, 9.17) is 4.74 Å². The number of benzene rings is 1. The minimum atomic E-state index is -0.491. The first-order valence-electron chi connectivity index (χ1n) is 6.22.